The second-order valence-corrected chi connectivity index (χ2v) is 5.14. The zero-order valence-corrected chi connectivity index (χ0v) is 10.5. The fraction of sp³-hybridized carbons (Fsp3) is 0.500. The molecular weight excluding hydrogens is 230 g/mol. The van der Waals surface area contributed by atoms with Crippen molar-refractivity contribution in [2.24, 2.45) is 0 Å². The highest BCUT2D eigenvalue weighted by atomic mass is 32.2. The number of nitrogens with one attached hydrogen (secondary N) is 1. The molecule has 15 heavy (non-hydrogen) atoms. The van der Waals surface area contributed by atoms with Gasteiger partial charge in [-0.3, -0.25) is 4.79 Å². The quantitative estimate of drug-likeness (QED) is 0.614. The van der Waals surface area contributed by atoms with Crippen LogP contribution in [0, 0.1) is 0 Å². The van der Waals surface area contributed by atoms with Gasteiger partial charge in [-0.1, -0.05) is 13.0 Å². The molecule has 0 aliphatic rings. The molecular formula is C10H15NO2S2. The third-order valence-corrected chi connectivity index (χ3v) is 4.05. The van der Waals surface area contributed by atoms with E-state index in [1.165, 1.54) is 11.3 Å². The van der Waals surface area contributed by atoms with Gasteiger partial charge in [-0.15, -0.1) is 23.1 Å². The molecule has 1 atom stereocenters. The second kappa shape index (κ2) is 6.87. The van der Waals surface area contributed by atoms with Crippen LogP contribution in [0.15, 0.2) is 21.7 Å². The van der Waals surface area contributed by atoms with Gasteiger partial charge < -0.3 is 10.1 Å². The minimum Gasteiger partial charge on any atom is -0.468 e. The lowest BCUT2D eigenvalue weighted by Crippen LogP contribution is -2.39. The zero-order chi connectivity index (χ0) is 11.1. The molecule has 5 heteroatoms. The summed E-state index contributed by atoms with van der Waals surface area (Å²) < 4.78 is 5.95. The molecule has 0 aliphatic heterocycles. The number of thioether (sulfide) groups is 1. The molecule has 0 saturated carbocycles. The molecule has 0 fully saturated rings. The van der Waals surface area contributed by atoms with Gasteiger partial charge in [0.05, 0.1) is 11.3 Å². The van der Waals surface area contributed by atoms with Crippen LogP contribution < -0.4 is 5.32 Å². The van der Waals surface area contributed by atoms with Crippen molar-refractivity contribution < 1.29 is 9.53 Å². The number of thiophene rings is 1. The Labute approximate surface area is 98.2 Å². The van der Waals surface area contributed by atoms with Crippen molar-refractivity contribution in [3.05, 3.63) is 17.5 Å². The maximum absolute atomic E-state index is 11.4. The van der Waals surface area contributed by atoms with Crippen molar-refractivity contribution in [2.75, 3.05) is 19.4 Å². The maximum Gasteiger partial charge on any atom is 0.323 e. The molecule has 0 spiro atoms. The van der Waals surface area contributed by atoms with Crippen LogP contribution in [0.5, 0.6) is 0 Å². The Morgan fingerprint density at radius 2 is 2.53 bits per heavy atom. The normalized spacial score (nSPS) is 12.4. The number of methoxy groups -OCH3 is 1. The molecule has 1 heterocycles. The Kier molecular flexibility index (Phi) is 5.75. The Bertz CT molecular complexity index is 288. The van der Waals surface area contributed by atoms with Crippen LogP contribution in [0.4, 0.5) is 0 Å². The highest BCUT2D eigenvalue weighted by Crippen LogP contribution is 2.23. The average molecular weight is 245 g/mol. The van der Waals surface area contributed by atoms with Gasteiger partial charge in [0.1, 0.15) is 6.04 Å². The van der Waals surface area contributed by atoms with E-state index in [1.54, 1.807) is 23.1 Å². The summed E-state index contributed by atoms with van der Waals surface area (Å²) in [5.74, 6) is 0.516. The molecule has 1 unspecified atom stereocenters. The van der Waals surface area contributed by atoms with Gasteiger partial charge in [0.15, 0.2) is 0 Å². The molecule has 0 saturated heterocycles. The largest absolute Gasteiger partial charge is 0.468 e. The van der Waals surface area contributed by atoms with E-state index < -0.39 is 0 Å². The number of hydrogen-bond donors (Lipinski definition) is 1. The van der Waals surface area contributed by atoms with E-state index in [2.05, 4.69) is 11.4 Å². The Morgan fingerprint density at radius 3 is 3.07 bits per heavy atom. The maximum atomic E-state index is 11.4. The fourth-order valence-electron chi connectivity index (χ4n) is 1.11. The SMILES string of the molecule is CCNC(CSc1cccs1)C(=O)OC. The number of esters is 1. The molecule has 0 aromatic carbocycles. The number of ether oxygens (including phenoxy) is 1. The van der Waals surface area contributed by atoms with Crippen molar-refractivity contribution in [3.63, 3.8) is 0 Å². The predicted octanol–water partition coefficient (Wildman–Crippen LogP) is 1.99. The van der Waals surface area contributed by atoms with E-state index in [9.17, 15) is 4.79 Å². The summed E-state index contributed by atoms with van der Waals surface area (Å²) in [6.07, 6.45) is 0. The fourth-order valence-corrected chi connectivity index (χ4v) is 2.96. The van der Waals surface area contributed by atoms with E-state index in [-0.39, 0.29) is 12.0 Å². The van der Waals surface area contributed by atoms with Crippen molar-refractivity contribution in [3.8, 4) is 0 Å². The summed E-state index contributed by atoms with van der Waals surface area (Å²) in [4.78, 5) is 11.4. The summed E-state index contributed by atoms with van der Waals surface area (Å²) >= 11 is 3.36. The summed E-state index contributed by atoms with van der Waals surface area (Å²) in [6, 6.07) is 3.84. The van der Waals surface area contributed by atoms with Gasteiger partial charge in [0.25, 0.3) is 0 Å². The van der Waals surface area contributed by atoms with Crippen molar-refractivity contribution >= 4 is 29.1 Å². The molecule has 1 aromatic rings. The van der Waals surface area contributed by atoms with Crippen molar-refractivity contribution in [1.82, 2.24) is 5.32 Å². The van der Waals surface area contributed by atoms with E-state index in [1.807, 2.05) is 18.4 Å². The highest BCUT2D eigenvalue weighted by molar-refractivity contribution is 8.01. The zero-order valence-electron chi connectivity index (χ0n) is 8.86. The van der Waals surface area contributed by atoms with Crippen molar-refractivity contribution in [1.29, 1.82) is 0 Å². The van der Waals surface area contributed by atoms with E-state index in [4.69, 9.17) is 4.74 Å². The molecule has 0 amide bonds. The molecule has 1 aromatic heterocycles. The number of hydrogen-bond acceptors (Lipinski definition) is 5. The molecule has 0 radical (unpaired) electrons. The Hall–Kier alpha value is -0.520. The summed E-state index contributed by atoms with van der Waals surface area (Å²) in [7, 11) is 1.42. The summed E-state index contributed by atoms with van der Waals surface area (Å²) in [5.41, 5.74) is 0. The molecule has 1 rings (SSSR count). The Balaban J connectivity index is 2.41. The minimum atomic E-state index is -0.216. The minimum absolute atomic E-state index is 0.194. The smallest absolute Gasteiger partial charge is 0.323 e. The first-order chi connectivity index (χ1) is 7.27. The number of carbonyl (C=O) groups excluding carboxylic acids is 1. The third kappa shape index (κ3) is 4.24. The summed E-state index contributed by atoms with van der Waals surface area (Å²) in [5, 5.41) is 5.14. The topological polar surface area (TPSA) is 38.3 Å². The molecule has 1 N–H and O–H groups in total. The van der Waals surface area contributed by atoms with E-state index in [0.29, 0.717) is 5.75 Å². The number of likely N-dealkylation sites (N-methyl/N-ethyl adjacent to an activating group) is 1. The van der Waals surface area contributed by atoms with Crippen LogP contribution in [-0.2, 0) is 9.53 Å². The molecule has 3 nitrogen and oxygen atoms in total. The van der Waals surface area contributed by atoms with Gasteiger partial charge in [-0.2, -0.15) is 0 Å². The lowest BCUT2D eigenvalue weighted by molar-refractivity contribution is -0.142. The van der Waals surface area contributed by atoms with Crippen LogP contribution in [0.1, 0.15) is 6.92 Å². The van der Waals surface area contributed by atoms with Crippen LogP contribution in [0.2, 0.25) is 0 Å². The third-order valence-electron chi connectivity index (χ3n) is 1.82. The number of carbonyl (C=O) groups is 1. The van der Waals surface area contributed by atoms with Gasteiger partial charge in [0, 0.05) is 5.75 Å². The first-order valence-corrected chi connectivity index (χ1v) is 6.62. The van der Waals surface area contributed by atoms with Crippen LogP contribution >= 0.6 is 23.1 Å². The van der Waals surface area contributed by atoms with Crippen LogP contribution in [0.25, 0.3) is 0 Å². The van der Waals surface area contributed by atoms with Crippen LogP contribution in [0.3, 0.4) is 0 Å². The first kappa shape index (κ1) is 12.5. The molecule has 0 aliphatic carbocycles. The standard InChI is InChI=1S/C10H15NO2S2/c1-3-11-8(10(12)13-2)7-15-9-5-4-6-14-9/h4-6,8,11H,3,7H2,1-2H3. The first-order valence-electron chi connectivity index (χ1n) is 4.75. The average Bonchev–Trinajstić information content (AvgIpc) is 2.76. The van der Waals surface area contributed by atoms with E-state index >= 15 is 0 Å². The lowest BCUT2D eigenvalue weighted by Gasteiger charge is -2.13. The molecule has 0 bridgehead atoms. The lowest BCUT2D eigenvalue weighted by atomic mass is 10.3. The molecule has 84 valence electrons. The van der Waals surface area contributed by atoms with Gasteiger partial charge in [0.2, 0.25) is 0 Å². The van der Waals surface area contributed by atoms with Crippen LogP contribution in [-0.4, -0.2) is 31.4 Å². The summed E-state index contributed by atoms with van der Waals surface area (Å²) in [6.45, 7) is 2.75. The monoisotopic (exact) mass is 245 g/mol. The van der Waals surface area contributed by atoms with Gasteiger partial charge >= 0.3 is 5.97 Å². The van der Waals surface area contributed by atoms with E-state index in [0.717, 1.165) is 6.54 Å². The Morgan fingerprint density at radius 1 is 1.73 bits per heavy atom. The highest BCUT2D eigenvalue weighted by Gasteiger charge is 2.17. The van der Waals surface area contributed by atoms with Gasteiger partial charge in [-0.05, 0) is 18.0 Å². The van der Waals surface area contributed by atoms with Gasteiger partial charge in [-0.25, -0.2) is 0 Å². The second-order valence-electron chi connectivity index (χ2n) is 2.88. The number of rotatable bonds is 6. The predicted molar refractivity (Wildman–Crippen MR) is 64.5 cm³/mol. The van der Waals surface area contributed by atoms with Crippen molar-refractivity contribution in [2.45, 2.75) is 17.2 Å².